The van der Waals surface area contributed by atoms with Gasteiger partial charge in [0.15, 0.2) is 0 Å². The molecule has 0 radical (unpaired) electrons. The highest BCUT2D eigenvalue weighted by Crippen LogP contribution is 2.49. The lowest BCUT2D eigenvalue weighted by atomic mass is 9.63. The minimum Gasteiger partial charge on any atom is -0.490 e. The number of piperidine rings is 1. The summed E-state index contributed by atoms with van der Waals surface area (Å²) < 4.78 is 30.0. The van der Waals surface area contributed by atoms with Crippen LogP contribution in [0, 0.1) is 11.8 Å². The Balaban J connectivity index is 1.17. The highest BCUT2D eigenvalue weighted by atomic mass is 35.5. The molecule has 1 spiro atoms. The Morgan fingerprint density at radius 2 is 1.94 bits per heavy atom. The summed E-state index contributed by atoms with van der Waals surface area (Å²) in [4.78, 5) is 21.6. The number of carbonyl (C=O) groups excluding carboxylic acids is 1. The van der Waals surface area contributed by atoms with Gasteiger partial charge in [0, 0.05) is 68.4 Å². The zero-order valence-corrected chi connectivity index (χ0v) is 32.7. The summed E-state index contributed by atoms with van der Waals surface area (Å²) >= 11 is 6.53. The SMILES string of the molecule is CCC1CC/C=C/C(CN2CCN3CCCCC3C2)(OC)C2CCC2CN2C[C@@]3(CCCc4cc(Cl)ccc43)COc3ccc(cc32)C(=O)NS1=O. The molecule has 6 unspecified atom stereocenters. The molecule has 2 aromatic rings. The lowest BCUT2D eigenvalue weighted by molar-refractivity contribution is -0.100. The van der Waals surface area contributed by atoms with Gasteiger partial charge >= 0.3 is 0 Å². The van der Waals surface area contributed by atoms with E-state index in [1.54, 1.807) is 0 Å². The van der Waals surface area contributed by atoms with E-state index in [0.29, 0.717) is 30.0 Å². The number of nitrogens with one attached hydrogen (secondary N) is 1. The second-order valence-electron chi connectivity index (χ2n) is 16.5. The Hall–Kier alpha value is -2.43. The molecule has 6 aliphatic rings. The van der Waals surface area contributed by atoms with Crippen LogP contribution in [-0.2, 0) is 27.6 Å². The van der Waals surface area contributed by atoms with Crippen molar-refractivity contribution in [3.63, 3.8) is 0 Å². The molecule has 10 heteroatoms. The molecule has 52 heavy (non-hydrogen) atoms. The van der Waals surface area contributed by atoms with E-state index in [1.807, 2.05) is 31.4 Å². The quantitative estimate of drug-likeness (QED) is 0.341. The molecule has 282 valence electrons. The van der Waals surface area contributed by atoms with Gasteiger partial charge in [0.1, 0.15) is 22.3 Å². The number of aryl methyl sites for hydroxylation is 1. The van der Waals surface area contributed by atoms with E-state index in [0.717, 1.165) is 107 Å². The van der Waals surface area contributed by atoms with E-state index in [9.17, 15) is 9.00 Å². The minimum atomic E-state index is -1.50. The van der Waals surface area contributed by atoms with Crippen LogP contribution in [0.4, 0.5) is 5.69 Å². The van der Waals surface area contributed by atoms with Crippen LogP contribution in [0.15, 0.2) is 48.6 Å². The number of methoxy groups -OCH3 is 1. The van der Waals surface area contributed by atoms with Gasteiger partial charge in [0.2, 0.25) is 0 Å². The number of rotatable bonds is 4. The molecule has 3 fully saturated rings. The number of nitrogens with zero attached hydrogens (tertiary/aromatic N) is 3. The van der Waals surface area contributed by atoms with Gasteiger partial charge in [0.25, 0.3) is 5.91 Å². The zero-order valence-electron chi connectivity index (χ0n) is 31.1. The molecule has 8 rings (SSSR count). The third kappa shape index (κ3) is 7.10. The van der Waals surface area contributed by atoms with Crippen LogP contribution in [0.1, 0.15) is 92.6 Å². The maximum Gasteiger partial charge on any atom is 0.263 e. The van der Waals surface area contributed by atoms with E-state index >= 15 is 0 Å². The number of piperazine rings is 1. The summed E-state index contributed by atoms with van der Waals surface area (Å²) in [5.74, 6) is 1.28. The molecule has 2 saturated heterocycles. The number of ether oxygens (including phenoxy) is 2. The fourth-order valence-electron chi connectivity index (χ4n) is 10.5. The number of fused-ring (bicyclic) bond motifs is 5. The van der Waals surface area contributed by atoms with Gasteiger partial charge in [-0.3, -0.25) is 19.3 Å². The first-order valence-electron chi connectivity index (χ1n) is 20.0. The van der Waals surface area contributed by atoms with Crippen molar-refractivity contribution >= 4 is 34.2 Å². The van der Waals surface area contributed by atoms with E-state index in [1.165, 1.54) is 36.9 Å². The smallest absolute Gasteiger partial charge is 0.263 e. The number of hydrogen-bond acceptors (Lipinski definition) is 7. The lowest BCUT2D eigenvalue weighted by Crippen LogP contribution is -2.61. The van der Waals surface area contributed by atoms with Crippen LogP contribution >= 0.6 is 11.6 Å². The molecule has 1 amide bonds. The van der Waals surface area contributed by atoms with E-state index in [-0.39, 0.29) is 16.6 Å². The van der Waals surface area contributed by atoms with Gasteiger partial charge in [-0.05, 0) is 124 Å². The molecule has 8 nitrogen and oxygen atoms in total. The summed E-state index contributed by atoms with van der Waals surface area (Å²) in [7, 11) is 0.429. The molecular formula is C42H57ClN4O4S. The van der Waals surface area contributed by atoms with E-state index in [4.69, 9.17) is 21.1 Å². The number of halogens is 1. The Bertz CT molecular complexity index is 1690. The highest BCUT2D eigenvalue weighted by Gasteiger charge is 2.50. The van der Waals surface area contributed by atoms with Crippen molar-refractivity contribution < 1.29 is 18.5 Å². The van der Waals surface area contributed by atoms with Gasteiger partial charge in [-0.2, -0.15) is 0 Å². The largest absolute Gasteiger partial charge is 0.490 e. The van der Waals surface area contributed by atoms with Crippen molar-refractivity contribution in [2.45, 2.75) is 99.9 Å². The monoisotopic (exact) mass is 748 g/mol. The van der Waals surface area contributed by atoms with Crippen molar-refractivity contribution in [3.05, 3.63) is 70.3 Å². The van der Waals surface area contributed by atoms with Crippen molar-refractivity contribution in [3.8, 4) is 5.75 Å². The molecule has 0 aromatic heterocycles. The maximum absolute atomic E-state index is 13.7. The van der Waals surface area contributed by atoms with Crippen LogP contribution in [0.2, 0.25) is 5.02 Å². The van der Waals surface area contributed by atoms with Crippen molar-refractivity contribution in [2.75, 3.05) is 64.4 Å². The standard InChI is InChI=1S/C42H57ClN4O4S/c1-3-35-11-4-6-19-42(50-2,28-45-21-22-46-20-7-5-10-34(46)26-45)37-15-12-32(37)25-47-27-41(18-8-9-30-23-33(43)14-16-36(30)41)29-51-39-17-13-31(24-38(39)47)40(48)44-52(35)49/h6,13-14,16-17,19,23-24,32,34-35,37H,3-5,7-12,15,18,20-22,25-29H2,1-2H3,(H,44,48)/b19-6+/t32?,34?,35?,37?,41-,42?,52?/m0/s1. The fourth-order valence-corrected chi connectivity index (χ4v) is 11.8. The minimum absolute atomic E-state index is 0.130. The zero-order chi connectivity index (χ0) is 35.9. The molecule has 4 heterocycles. The summed E-state index contributed by atoms with van der Waals surface area (Å²) in [6.07, 6.45) is 16.3. The topological polar surface area (TPSA) is 74.3 Å². The average molecular weight is 749 g/mol. The number of allylic oxidation sites excluding steroid dienone is 1. The lowest BCUT2D eigenvalue weighted by Gasteiger charge is -2.53. The summed E-state index contributed by atoms with van der Waals surface area (Å²) in [6.45, 7) is 9.75. The average Bonchev–Trinajstić information content (AvgIpc) is 3.29. The van der Waals surface area contributed by atoms with Crippen LogP contribution in [0.25, 0.3) is 0 Å². The van der Waals surface area contributed by atoms with Crippen LogP contribution in [0.5, 0.6) is 5.75 Å². The molecule has 1 saturated carbocycles. The highest BCUT2D eigenvalue weighted by molar-refractivity contribution is 7.84. The second kappa shape index (κ2) is 15.4. The Morgan fingerprint density at radius 3 is 2.77 bits per heavy atom. The van der Waals surface area contributed by atoms with Crippen LogP contribution in [-0.4, -0.2) is 96.3 Å². The van der Waals surface area contributed by atoms with E-state index < -0.39 is 16.6 Å². The van der Waals surface area contributed by atoms with Gasteiger partial charge in [-0.1, -0.05) is 43.2 Å². The summed E-state index contributed by atoms with van der Waals surface area (Å²) in [5.41, 5.74) is 3.51. The number of amides is 1. The molecule has 2 aliphatic carbocycles. The molecule has 4 aliphatic heterocycles. The number of carbonyl (C=O) groups is 1. The molecule has 2 bridgehead atoms. The maximum atomic E-state index is 13.7. The van der Waals surface area contributed by atoms with Gasteiger partial charge < -0.3 is 14.4 Å². The Kier molecular flexibility index (Phi) is 10.8. The van der Waals surface area contributed by atoms with Gasteiger partial charge in [-0.25, -0.2) is 4.21 Å². The summed E-state index contributed by atoms with van der Waals surface area (Å²) in [5, 5.41) is 0.651. The molecule has 1 N–H and O–H groups in total. The number of benzene rings is 2. The van der Waals surface area contributed by atoms with Crippen LogP contribution in [0.3, 0.4) is 0 Å². The first kappa shape index (κ1) is 36.5. The third-order valence-electron chi connectivity index (χ3n) is 13.6. The van der Waals surface area contributed by atoms with E-state index in [2.05, 4.69) is 50.6 Å². The number of anilines is 1. The third-order valence-corrected chi connectivity index (χ3v) is 15.4. The number of hydrogen-bond donors (Lipinski definition) is 1. The molecule has 7 atom stereocenters. The molecule has 2 aromatic carbocycles. The first-order chi connectivity index (χ1) is 25.3. The normalized spacial score (nSPS) is 34.9. The summed E-state index contributed by atoms with van der Waals surface area (Å²) in [6, 6.07) is 12.8. The van der Waals surface area contributed by atoms with Crippen molar-refractivity contribution in [1.29, 1.82) is 0 Å². The Morgan fingerprint density at radius 1 is 1.04 bits per heavy atom. The van der Waals surface area contributed by atoms with Crippen molar-refractivity contribution in [2.24, 2.45) is 11.8 Å². The van der Waals surface area contributed by atoms with Gasteiger partial charge in [0.05, 0.1) is 17.5 Å². The fraction of sp³-hybridized carbons (Fsp3) is 0.643. The second-order valence-corrected chi connectivity index (χ2v) is 18.5. The first-order valence-corrected chi connectivity index (χ1v) is 21.6. The van der Waals surface area contributed by atoms with Gasteiger partial charge in [-0.15, -0.1) is 0 Å². The predicted molar refractivity (Wildman–Crippen MR) is 210 cm³/mol. The molecular weight excluding hydrogens is 692 g/mol. The Labute approximate surface area is 318 Å². The predicted octanol–water partition coefficient (Wildman–Crippen LogP) is 6.92. The van der Waals surface area contributed by atoms with Crippen molar-refractivity contribution in [1.82, 2.24) is 14.5 Å². The van der Waals surface area contributed by atoms with Crippen LogP contribution < -0.4 is 14.4 Å².